The number of nitrogens with zero attached hydrogens (tertiary/aromatic N) is 2. The molecule has 0 aliphatic rings. The largest absolute Gasteiger partial charge is 0.383 e. The van der Waals surface area contributed by atoms with Gasteiger partial charge >= 0.3 is 0 Å². The Morgan fingerprint density at radius 2 is 2.11 bits per heavy atom. The van der Waals surface area contributed by atoms with Gasteiger partial charge in [0.2, 0.25) is 5.95 Å². The molecule has 2 rings (SSSR count). The standard InChI is InChI=1S/C12H13BrN4S/c1-18-10-3-2-7(5-9(10)13)4-8-6-16-12(15)17-11(8)14/h2-3,5-6H,4H2,1H3,(H4,14,15,16,17). The van der Waals surface area contributed by atoms with E-state index in [1.807, 2.05) is 6.26 Å². The molecule has 6 heteroatoms. The molecule has 94 valence electrons. The van der Waals surface area contributed by atoms with Crippen molar-refractivity contribution >= 4 is 39.5 Å². The van der Waals surface area contributed by atoms with Gasteiger partial charge in [-0.15, -0.1) is 11.8 Å². The molecule has 4 N–H and O–H groups in total. The van der Waals surface area contributed by atoms with Gasteiger partial charge in [0, 0.05) is 27.5 Å². The lowest BCUT2D eigenvalue weighted by Crippen LogP contribution is -2.04. The molecule has 4 nitrogen and oxygen atoms in total. The van der Waals surface area contributed by atoms with E-state index in [4.69, 9.17) is 11.5 Å². The van der Waals surface area contributed by atoms with Crippen molar-refractivity contribution in [2.75, 3.05) is 17.7 Å². The second-order valence-corrected chi connectivity index (χ2v) is 5.49. The van der Waals surface area contributed by atoms with Crippen molar-refractivity contribution in [3.8, 4) is 0 Å². The first-order valence-corrected chi connectivity index (χ1v) is 7.31. The zero-order valence-corrected chi connectivity index (χ0v) is 12.3. The van der Waals surface area contributed by atoms with E-state index in [2.05, 4.69) is 44.1 Å². The number of hydrogen-bond acceptors (Lipinski definition) is 5. The van der Waals surface area contributed by atoms with Crippen molar-refractivity contribution in [1.29, 1.82) is 0 Å². The Morgan fingerprint density at radius 3 is 2.72 bits per heavy atom. The molecule has 0 atom stereocenters. The maximum atomic E-state index is 5.82. The van der Waals surface area contributed by atoms with E-state index in [1.165, 1.54) is 4.90 Å². The van der Waals surface area contributed by atoms with Crippen LogP contribution in [-0.4, -0.2) is 16.2 Å². The number of hydrogen-bond donors (Lipinski definition) is 2. The Bertz CT molecular complexity index is 574. The summed E-state index contributed by atoms with van der Waals surface area (Å²) < 4.78 is 1.09. The fraction of sp³-hybridized carbons (Fsp3) is 0.167. The van der Waals surface area contributed by atoms with Crippen LogP contribution in [0.3, 0.4) is 0 Å². The lowest BCUT2D eigenvalue weighted by Gasteiger charge is -2.07. The molecule has 2 aromatic rings. The highest BCUT2D eigenvalue weighted by Crippen LogP contribution is 2.27. The van der Waals surface area contributed by atoms with Gasteiger partial charge in [0.15, 0.2) is 0 Å². The van der Waals surface area contributed by atoms with E-state index in [-0.39, 0.29) is 5.95 Å². The first-order chi connectivity index (χ1) is 8.60. The number of thioether (sulfide) groups is 1. The third-order valence-corrected chi connectivity index (χ3v) is 4.24. The molecule has 0 saturated carbocycles. The van der Waals surface area contributed by atoms with Crippen molar-refractivity contribution in [3.05, 3.63) is 40.0 Å². The van der Waals surface area contributed by atoms with Crippen molar-refractivity contribution in [3.63, 3.8) is 0 Å². The van der Waals surface area contributed by atoms with Gasteiger partial charge in [0.1, 0.15) is 5.82 Å². The summed E-state index contributed by atoms with van der Waals surface area (Å²) in [7, 11) is 0. The summed E-state index contributed by atoms with van der Waals surface area (Å²) in [5, 5.41) is 0. The van der Waals surface area contributed by atoms with Crippen LogP contribution in [0.1, 0.15) is 11.1 Å². The lowest BCUT2D eigenvalue weighted by molar-refractivity contribution is 1.09. The monoisotopic (exact) mass is 324 g/mol. The average Bonchev–Trinajstić information content (AvgIpc) is 2.33. The fourth-order valence-corrected chi connectivity index (χ4v) is 2.98. The van der Waals surface area contributed by atoms with Crippen LogP contribution in [0, 0.1) is 0 Å². The van der Waals surface area contributed by atoms with Gasteiger partial charge in [-0.3, -0.25) is 0 Å². The summed E-state index contributed by atoms with van der Waals surface area (Å²) in [6.45, 7) is 0. The SMILES string of the molecule is CSc1ccc(Cc2cnc(N)nc2N)cc1Br. The van der Waals surface area contributed by atoms with Gasteiger partial charge in [0.25, 0.3) is 0 Å². The highest BCUT2D eigenvalue weighted by molar-refractivity contribution is 9.10. The molecular formula is C12H13BrN4S. The Kier molecular flexibility index (Phi) is 4.08. The average molecular weight is 325 g/mol. The van der Waals surface area contributed by atoms with Crippen LogP contribution in [0.4, 0.5) is 11.8 Å². The summed E-state index contributed by atoms with van der Waals surface area (Å²) in [6, 6.07) is 6.24. The van der Waals surface area contributed by atoms with E-state index in [1.54, 1.807) is 18.0 Å². The number of benzene rings is 1. The quantitative estimate of drug-likeness (QED) is 0.849. The number of aromatic nitrogens is 2. The first-order valence-electron chi connectivity index (χ1n) is 5.29. The molecule has 0 fully saturated rings. The third kappa shape index (κ3) is 2.94. The molecule has 0 radical (unpaired) electrons. The van der Waals surface area contributed by atoms with Gasteiger partial charge in [-0.1, -0.05) is 6.07 Å². The Labute approximate surface area is 118 Å². The minimum absolute atomic E-state index is 0.204. The molecule has 0 saturated heterocycles. The van der Waals surface area contributed by atoms with Crippen LogP contribution in [0.5, 0.6) is 0 Å². The van der Waals surface area contributed by atoms with Crippen LogP contribution in [-0.2, 0) is 6.42 Å². The lowest BCUT2D eigenvalue weighted by atomic mass is 10.1. The zero-order chi connectivity index (χ0) is 13.1. The number of halogens is 1. The fourth-order valence-electron chi connectivity index (χ4n) is 1.61. The minimum atomic E-state index is 0.204. The van der Waals surface area contributed by atoms with Crippen molar-refractivity contribution < 1.29 is 0 Å². The maximum Gasteiger partial charge on any atom is 0.221 e. The second kappa shape index (κ2) is 5.58. The highest BCUT2D eigenvalue weighted by Gasteiger charge is 2.06. The van der Waals surface area contributed by atoms with E-state index in [9.17, 15) is 0 Å². The molecule has 0 aliphatic heterocycles. The van der Waals surface area contributed by atoms with Crippen LogP contribution in [0.25, 0.3) is 0 Å². The Balaban J connectivity index is 2.26. The van der Waals surface area contributed by atoms with E-state index in [0.29, 0.717) is 12.2 Å². The van der Waals surface area contributed by atoms with Crippen LogP contribution >= 0.6 is 27.7 Å². The van der Waals surface area contributed by atoms with Gasteiger partial charge in [-0.25, -0.2) is 4.98 Å². The topological polar surface area (TPSA) is 77.8 Å². The van der Waals surface area contributed by atoms with E-state index < -0.39 is 0 Å². The van der Waals surface area contributed by atoms with Crippen LogP contribution < -0.4 is 11.5 Å². The first kappa shape index (κ1) is 13.2. The van der Waals surface area contributed by atoms with E-state index >= 15 is 0 Å². The molecule has 0 bridgehead atoms. The Morgan fingerprint density at radius 1 is 1.33 bits per heavy atom. The van der Waals surface area contributed by atoms with Crippen molar-refractivity contribution in [2.24, 2.45) is 0 Å². The van der Waals surface area contributed by atoms with Gasteiger partial charge < -0.3 is 11.5 Å². The minimum Gasteiger partial charge on any atom is -0.383 e. The maximum absolute atomic E-state index is 5.82. The number of nitrogens with two attached hydrogens (primary N) is 2. The molecule has 1 aromatic heterocycles. The van der Waals surface area contributed by atoms with E-state index in [0.717, 1.165) is 15.6 Å². The van der Waals surface area contributed by atoms with Gasteiger partial charge in [0.05, 0.1) is 0 Å². The molecule has 0 unspecified atom stereocenters. The smallest absolute Gasteiger partial charge is 0.221 e. The normalized spacial score (nSPS) is 10.6. The predicted molar refractivity (Wildman–Crippen MR) is 79.6 cm³/mol. The van der Waals surface area contributed by atoms with Crippen molar-refractivity contribution in [1.82, 2.24) is 9.97 Å². The van der Waals surface area contributed by atoms with Crippen molar-refractivity contribution in [2.45, 2.75) is 11.3 Å². The van der Waals surface area contributed by atoms with Crippen LogP contribution in [0.2, 0.25) is 0 Å². The summed E-state index contributed by atoms with van der Waals surface area (Å²) in [5.41, 5.74) is 13.3. The second-order valence-electron chi connectivity index (χ2n) is 3.78. The third-order valence-electron chi connectivity index (χ3n) is 2.53. The molecule has 0 amide bonds. The Hall–Kier alpha value is -1.27. The highest BCUT2D eigenvalue weighted by atomic mass is 79.9. The van der Waals surface area contributed by atoms with Crippen LogP contribution in [0.15, 0.2) is 33.8 Å². The zero-order valence-electron chi connectivity index (χ0n) is 9.85. The molecule has 1 aromatic carbocycles. The van der Waals surface area contributed by atoms with Gasteiger partial charge in [-0.2, -0.15) is 4.98 Å². The summed E-state index contributed by atoms with van der Waals surface area (Å²) in [6.07, 6.45) is 4.42. The molecule has 0 aliphatic carbocycles. The molecule has 0 spiro atoms. The summed E-state index contributed by atoms with van der Waals surface area (Å²) in [4.78, 5) is 9.13. The van der Waals surface area contributed by atoms with Gasteiger partial charge in [-0.05, 0) is 39.9 Å². The number of nitrogen functional groups attached to an aromatic ring is 2. The summed E-state index contributed by atoms with van der Waals surface area (Å²) in [5.74, 6) is 0.641. The number of anilines is 2. The molecular weight excluding hydrogens is 312 g/mol. The molecule has 18 heavy (non-hydrogen) atoms. The molecule has 1 heterocycles. The summed E-state index contributed by atoms with van der Waals surface area (Å²) >= 11 is 5.25. The number of rotatable bonds is 3. The predicted octanol–water partition coefficient (Wildman–Crippen LogP) is 2.72.